The third-order valence-corrected chi connectivity index (χ3v) is 6.54. The molecule has 2 heterocycles. The molecule has 0 bridgehead atoms. The number of methoxy groups -OCH3 is 1. The molecule has 3 rings (SSSR count). The number of hydrogen-bond donors (Lipinski definition) is 1. The lowest BCUT2D eigenvalue weighted by Crippen LogP contribution is -2.52. The van der Waals surface area contributed by atoms with Gasteiger partial charge in [0.25, 0.3) is 0 Å². The Morgan fingerprint density at radius 2 is 1.81 bits per heavy atom. The van der Waals surface area contributed by atoms with E-state index in [-0.39, 0.29) is 24.4 Å². The van der Waals surface area contributed by atoms with E-state index in [2.05, 4.69) is 5.32 Å². The van der Waals surface area contributed by atoms with Crippen LogP contribution in [0.5, 0.6) is 0 Å². The molecule has 1 fully saturated rings. The van der Waals surface area contributed by atoms with Crippen LogP contribution < -0.4 is 10.2 Å². The van der Waals surface area contributed by atoms with Crippen molar-refractivity contribution in [1.29, 1.82) is 0 Å². The summed E-state index contributed by atoms with van der Waals surface area (Å²) in [6.07, 6.45) is 0.529. The van der Waals surface area contributed by atoms with Crippen molar-refractivity contribution in [2.45, 2.75) is 91.1 Å². The number of para-hydroxylation sites is 1. The molecule has 2 atom stereocenters. The molecule has 0 saturated carbocycles. The Morgan fingerprint density at radius 3 is 2.44 bits per heavy atom. The van der Waals surface area contributed by atoms with Crippen molar-refractivity contribution in [2.24, 2.45) is 5.41 Å². The Balaban J connectivity index is 1.75. The Morgan fingerprint density at radius 1 is 1.14 bits per heavy atom. The molecule has 0 radical (unpaired) electrons. The van der Waals surface area contributed by atoms with Crippen LogP contribution in [0.4, 0.5) is 15.3 Å². The summed E-state index contributed by atoms with van der Waals surface area (Å²) < 4.78 is 16.4. The molecule has 9 heteroatoms. The number of amides is 3. The van der Waals surface area contributed by atoms with E-state index in [0.717, 1.165) is 11.3 Å². The number of anilines is 1. The largest absolute Gasteiger partial charge is 0.453 e. The zero-order valence-electron chi connectivity index (χ0n) is 22.8. The highest BCUT2D eigenvalue weighted by molar-refractivity contribution is 5.95. The fourth-order valence-corrected chi connectivity index (χ4v) is 5.08. The first-order chi connectivity index (χ1) is 16.6. The minimum absolute atomic E-state index is 0.0363. The third kappa shape index (κ3) is 6.69. The van der Waals surface area contributed by atoms with Crippen LogP contribution in [-0.2, 0) is 25.4 Å². The summed E-state index contributed by atoms with van der Waals surface area (Å²) in [7, 11) is 1.33. The minimum Gasteiger partial charge on any atom is -0.453 e. The van der Waals surface area contributed by atoms with E-state index in [0.29, 0.717) is 26.0 Å². The van der Waals surface area contributed by atoms with Crippen molar-refractivity contribution in [3.05, 3.63) is 29.8 Å². The van der Waals surface area contributed by atoms with E-state index in [1.54, 1.807) is 9.80 Å². The SMILES string of the molecule is COC(=O)N[C@@H]1Cc2ccccc2N(C(=O)CC(C)(C)C[C@H]2COC(C)(C)N2C(=O)OC(C)(C)C)C1. The van der Waals surface area contributed by atoms with Crippen molar-refractivity contribution in [2.75, 3.05) is 25.2 Å². The number of benzene rings is 1. The standard InChI is InChI=1S/C27H41N3O6/c1-25(2,3)36-24(33)30-20(17-35-27(30,6)7)14-26(4,5)15-22(31)29-16-19(28-23(32)34-8)13-18-11-9-10-12-21(18)29/h9-12,19-20H,13-17H2,1-8H3,(H,28,32)/t19-,20+/m1/s1. The van der Waals surface area contributed by atoms with Crippen LogP contribution in [0.2, 0.25) is 0 Å². The predicted molar refractivity (Wildman–Crippen MR) is 137 cm³/mol. The number of nitrogens with zero attached hydrogens (tertiary/aromatic N) is 2. The predicted octanol–water partition coefficient (Wildman–Crippen LogP) is 4.48. The second-order valence-electron chi connectivity index (χ2n) is 12.0. The van der Waals surface area contributed by atoms with Gasteiger partial charge in [0.1, 0.15) is 11.3 Å². The average molecular weight is 504 g/mol. The Kier molecular flexibility index (Phi) is 7.93. The molecule has 0 spiro atoms. The number of hydrogen-bond acceptors (Lipinski definition) is 6. The van der Waals surface area contributed by atoms with E-state index in [9.17, 15) is 14.4 Å². The quantitative estimate of drug-likeness (QED) is 0.636. The highest BCUT2D eigenvalue weighted by atomic mass is 16.6. The summed E-state index contributed by atoms with van der Waals surface area (Å²) in [5.74, 6) is -0.0363. The fourth-order valence-electron chi connectivity index (χ4n) is 5.08. The summed E-state index contributed by atoms with van der Waals surface area (Å²) in [4.78, 5) is 41.9. The summed E-state index contributed by atoms with van der Waals surface area (Å²) in [6.45, 7) is 14.0. The second kappa shape index (κ2) is 10.3. The molecule has 1 aromatic carbocycles. The molecule has 0 aliphatic carbocycles. The number of ether oxygens (including phenoxy) is 3. The number of carbonyl (C=O) groups excluding carboxylic acids is 3. The van der Waals surface area contributed by atoms with Crippen LogP contribution in [0.15, 0.2) is 24.3 Å². The van der Waals surface area contributed by atoms with Crippen molar-refractivity contribution in [3.63, 3.8) is 0 Å². The first kappa shape index (κ1) is 27.8. The van der Waals surface area contributed by atoms with Crippen LogP contribution in [-0.4, -0.2) is 66.7 Å². The van der Waals surface area contributed by atoms with Gasteiger partial charge in [0.2, 0.25) is 5.91 Å². The molecule has 1 saturated heterocycles. The molecule has 1 aromatic rings. The van der Waals surface area contributed by atoms with Crippen LogP contribution in [0.3, 0.4) is 0 Å². The van der Waals surface area contributed by atoms with Crippen LogP contribution >= 0.6 is 0 Å². The molecular weight excluding hydrogens is 462 g/mol. The summed E-state index contributed by atoms with van der Waals surface area (Å²) in [6, 6.07) is 7.29. The lowest BCUT2D eigenvalue weighted by atomic mass is 9.81. The molecule has 0 unspecified atom stereocenters. The Labute approximate surface area is 214 Å². The van der Waals surface area contributed by atoms with Crippen molar-refractivity contribution < 1.29 is 28.6 Å². The number of carbonyl (C=O) groups is 3. The smallest absolute Gasteiger partial charge is 0.412 e. The Hall–Kier alpha value is -2.81. The van der Waals surface area contributed by atoms with Crippen molar-refractivity contribution >= 4 is 23.8 Å². The van der Waals surface area contributed by atoms with Gasteiger partial charge in [0.05, 0.1) is 25.8 Å². The minimum atomic E-state index is -0.800. The molecule has 9 nitrogen and oxygen atoms in total. The van der Waals surface area contributed by atoms with Gasteiger partial charge in [0, 0.05) is 18.7 Å². The first-order valence-electron chi connectivity index (χ1n) is 12.5. The average Bonchev–Trinajstić information content (AvgIpc) is 3.04. The second-order valence-corrected chi connectivity index (χ2v) is 12.0. The van der Waals surface area contributed by atoms with Crippen LogP contribution in [0.1, 0.15) is 66.9 Å². The fraction of sp³-hybridized carbons (Fsp3) is 0.667. The van der Waals surface area contributed by atoms with E-state index in [1.807, 2.05) is 72.7 Å². The monoisotopic (exact) mass is 503 g/mol. The van der Waals surface area contributed by atoms with Crippen LogP contribution in [0.25, 0.3) is 0 Å². The van der Waals surface area contributed by atoms with E-state index >= 15 is 0 Å². The topological polar surface area (TPSA) is 97.4 Å². The van der Waals surface area contributed by atoms with Gasteiger partial charge in [-0.3, -0.25) is 9.69 Å². The van der Waals surface area contributed by atoms with Gasteiger partial charge in [-0.15, -0.1) is 0 Å². The van der Waals surface area contributed by atoms with Gasteiger partial charge in [0.15, 0.2) is 0 Å². The molecule has 1 N–H and O–H groups in total. The van der Waals surface area contributed by atoms with Gasteiger partial charge in [-0.2, -0.15) is 0 Å². The molecule has 200 valence electrons. The normalized spacial score (nSPS) is 21.6. The zero-order valence-corrected chi connectivity index (χ0v) is 22.8. The number of rotatable bonds is 5. The summed E-state index contributed by atoms with van der Waals surface area (Å²) in [5.41, 5.74) is 0.0115. The summed E-state index contributed by atoms with van der Waals surface area (Å²) in [5, 5.41) is 2.83. The van der Waals surface area contributed by atoms with Crippen molar-refractivity contribution in [3.8, 4) is 0 Å². The van der Waals surface area contributed by atoms with E-state index < -0.39 is 28.9 Å². The molecule has 2 aliphatic rings. The number of fused-ring (bicyclic) bond motifs is 1. The molecule has 2 aliphatic heterocycles. The highest BCUT2D eigenvalue weighted by Gasteiger charge is 2.47. The number of alkyl carbamates (subject to hydrolysis) is 1. The summed E-state index contributed by atoms with van der Waals surface area (Å²) >= 11 is 0. The maximum atomic E-state index is 13.6. The zero-order chi connectivity index (χ0) is 26.9. The molecular formula is C27H41N3O6. The van der Waals surface area contributed by atoms with Gasteiger partial charge in [-0.05, 0) is 64.5 Å². The number of nitrogens with one attached hydrogen (secondary N) is 1. The Bertz CT molecular complexity index is 984. The maximum Gasteiger partial charge on any atom is 0.412 e. The lowest BCUT2D eigenvalue weighted by molar-refractivity contribution is -0.120. The van der Waals surface area contributed by atoms with E-state index in [4.69, 9.17) is 14.2 Å². The van der Waals surface area contributed by atoms with Gasteiger partial charge >= 0.3 is 12.2 Å². The van der Waals surface area contributed by atoms with Crippen molar-refractivity contribution in [1.82, 2.24) is 10.2 Å². The lowest BCUT2D eigenvalue weighted by Gasteiger charge is -2.39. The maximum absolute atomic E-state index is 13.6. The highest BCUT2D eigenvalue weighted by Crippen LogP contribution is 2.38. The van der Waals surface area contributed by atoms with Gasteiger partial charge in [-0.1, -0.05) is 32.0 Å². The van der Waals surface area contributed by atoms with Crippen LogP contribution in [0, 0.1) is 5.41 Å². The van der Waals surface area contributed by atoms with Gasteiger partial charge in [-0.25, -0.2) is 9.59 Å². The molecule has 3 amide bonds. The molecule has 0 aromatic heterocycles. The first-order valence-corrected chi connectivity index (χ1v) is 12.5. The van der Waals surface area contributed by atoms with Gasteiger partial charge < -0.3 is 24.4 Å². The third-order valence-electron chi connectivity index (χ3n) is 6.54. The molecule has 36 heavy (non-hydrogen) atoms. The van der Waals surface area contributed by atoms with E-state index in [1.165, 1.54) is 7.11 Å².